The number of carbonyl (C=O) groups excluding carboxylic acids is 1. The Hall–Kier alpha value is -2.44. The molecule has 1 aromatic carbocycles. The molecule has 1 saturated heterocycles. The molecule has 2 aromatic rings. The number of hydrogen-bond donors (Lipinski definition) is 2. The van der Waals surface area contributed by atoms with E-state index in [9.17, 15) is 9.18 Å². The number of H-pyrrole nitrogens is 1. The summed E-state index contributed by atoms with van der Waals surface area (Å²) in [6.07, 6.45) is 7.79. The fourth-order valence-corrected chi connectivity index (χ4v) is 4.10. The van der Waals surface area contributed by atoms with Crippen LogP contribution in [-0.4, -0.2) is 32.7 Å². The number of anilines is 1. The van der Waals surface area contributed by atoms with Crippen LogP contribution >= 0.6 is 0 Å². The van der Waals surface area contributed by atoms with Gasteiger partial charge in [-0.15, -0.1) is 5.10 Å². The van der Waals surface area contributed by atoms with Gasteiger partial charge in [-0.3, -0.25) is 10.4 Å². The van der Waals surface area contributed by atoms with Crippen LogP contribution in [0.1, 0.15) is 68.3 Å². The van der Waals surface area contributed by atoms with Crippen molar-refractivity contribution in [3.63, 3.8) is 0 Å². The Morgan fingerprint density at radius 1 is 1.12 bits per heavy atom. The van der Waals surface area contributed by atoms with Crippen molar-refractivity contribution in [1.82, 2.24) is 20.1 Å². The Bertz CT molecular complexity index is 754. The topological polar surface area (TPSA) is 73.9 Å². The molecule has 2 heterocycles. The van der Waals surface area contributed by atoms with Crippen molar-refractivity contribution >= 4 is 12.0 Å². The molecule has 2 N–H and O–H groups in total. The molecule has 2 aliphatic rings. The molecule has 1 saturated carbocycles. The lowest BCUT2D eigenvalue weighted by Gasteiger charge is -2.24. The first-order valence-corrected chi connectivity index (χ1v) is 9.46. The van der Waals surface area contributed by atoms with E-state index in [2.05, 4.69) is 20.5 Å². The fraction of sp³-hybridized carbons (Fsp3) is 0.526. The molecule has 6 nitrogen and oxygen atoms in total. The summed E-state index contributed by atoms with van der Waals surface area (Å²) in [5, 5.41) is 9.97. The quantitative estimate of drug-likeness (QED) is 0.857. The zero-order valence-electron chi connectivity index (χ0n) is 14.7. The Kier molecular flexibility index (Phi) is 4.86. The molecule has 1 unspecified atom stereocenters. The van der Waals surface area contributed by atoms with Crippen LogP contribution in [0.25, 0.3) is 0 Å². The van der Waals surface area contributed by atoms with Gasteiger partial charge in [0.25, 0.3) is 0 Å². The maximum absolute atomic E-state index is 13.2. The average Bonchev–Trinajstić information content (AvgIpc) is 3.33. The zero-order valence-corrected chi connectivity index (χ0v) is 14.7. The Labute approximate surface area is 152 Å². The predicted octanol–water partition coefficient (Wildman–Crippen LogP) is 4.36. The van der Waals surface area contributed by atoms with E-state index in [1.54, 1.807) is 17.0 Å². The largest absolute Gasteiger partial charge is 0.324 e. The number of aromatic amines is 1. The summed E-state index contributed by atoms with van der Waals surface area (Å²) in [6.45, 7) is 0.674. The van der Waals surface area contributed by atoms with E-state index in [1.807, 2.05) is 0 Å². The summed E-state index contributed by atoms with van der Waals surface area (Å²) in [5.74, 6) is 1.36. The van der Waals surface area contributed by atoms with E-state index in [4.69, 9.17) is 0 Å². The molecular formula is C19H24FN5O. The van der Waals surface area contributed by atoms with Crippen molar-refractivity contribution in [2.75, 3.05) is 11.9 Å². The molecule has 1 aliphatic carbocycles. The SMILES string of the molecule is O=C(Nc1n[nH]c(C2CCCCC2)n1)N1CCCC1c1ccc(F)cc1. The summed E-state index contributed by atoms with van der Waals surface area (Å²) in [4.78, 5) is 19.0. The lowest BCUT2D eigenvalue weighted by molar-refractivity contribution is 0.207. The van der Waals surface area contributed by atoms with Gasteiger partial charge in [0, 0.05) is 12.5 Å². The molecule has 1 atom stereocenters. The molecule has 1 aliphatic heterocycles. The van der Waals surface area contributed by atoms with E-state index >= 15 is 0 Å². The molecule has 0 radical (unpaired) electrons. The molecule has 0 bridgehead atoms. The molecule has 0 spiro atoms. The van der Waals surface area contributed by atoms with Crippen LogP contribution in [0.2, 0.25) is 0 Å². The Balaban J connectivity index is 1.42. The number of nitrogens with one attached hydrogen (secondary N) is 2. The predicted molar refractivity (Wildman–Crippen MR) is 96.3 cm³/mol. The Morgan fingerprint density at radius 3 is 2.65 bits per heavy atom. The number of amides is 2. The first-order valence-electron chi connectivity index (χ1n) is 9.46. The number of benzene rings is 1. The standard InChI is InChI=1S/C19H24FN5O/c20-15-10-8-13(9-11-15)16-7-4-12-25(16)19(26)22-18-21-17(23-24-18)14-5-2-1-3-6-14/h8-11,14,16H,1-7,12H2,(H2,21,22,23,24,26). The number of rotatable bonds is 3. The van der Waals surface area contributed by atoms with Gasteiger partial charge in [0.05, 0.1) is 6.04 Å². The van der Waals surface area contributed by atoms with Gasteiger partial charge in [-0.1, -0.05) is 31.4 Å². The third-order valence-corrected chi connectivity index (χ3v) is 5.48. The van der Waals surface area contributed by atoms with Gasteiger partial charge < -0.3 is 4.90 Å². The normalized spacial score (nSPS) is 21.1. The van der Waals surface area contributed by atoms with Crippen molar-refractivity contribution in [3.8, 4) is 0 Å². The maximum atomic E-state index is 13.2. The number of nitrogens with zero attached hydrogens (tertiary/aromatic N) is 3. The van der Waals surface area contributed by atoms with Crippen LogP contribution in [0.4, 0.5) is 15.1 Å². The third kappa shape index (κ3) is 3.57. The number of likely N-dealkylation sites (tertiary alicyclic amines) is 1. The summed E-state index contributed by atoms with van der Waals surface area (Å²) in [5.41, 5.74) is 0.955. The molecule has 2 fully saturated rings. The highest BCUT2D eigenvalue weighted by atomic mass is 19.1. The minimum atomic E-state index is -0.265. The number of carbonyl (C=O) groups is 1. The smallest absolute Gasteiger partial charge is 0.317 e. The third-order valence-electron chi connectivity index (χ3n) is 5.48. The second kappa shape index (κ2) is 7.43. The van der Waals surface area contributed by atoms with Gasteiger partial charge in [-0.2, -0.15) is 4.98 Å². The summed E-state index contributed by atoms with van der Waals surface area (Å²) in [6, 6.07) is 6.14. The van der Waals surface area contributed by atoms with Gasteiger partial charge in [0.15, 0.2) is 0 Å². The maximum Gasteiger partial charge on any atom is 0.324 e. The van der Waals surface area contributed by atoms with Crippen LogP contribution in [0.5, 0.6) is 0 Å². The highest BCUT2D eigenvalue weighted by Crippen LogP contribution is 2.33. The van der Waals surface area contributed by atoms with Crippen LogP contribution < -0.4 is 5.32 Å². The van der Waals surface area contributed by atoms with Crippen molar-refractivity contribution in [1.29, 1.82) is 0 Å². The van der Waals surface area contributed by atoms with E-state index in [-0.39, 0.29) is 17.9 Å². The van der Waals surface area contributed by atoms with Crippen LogP contribution in [0.15, 0.2) is 24.3 Å². The first kappa shape index (κ1) is 17.0. The van der Waals surface area contributed by atoms with E-state index < -0.39 is 0 Å². The van der Waals surface area contributed by atoms with Gasteiger partial charge in [0.2, 0.25) is 5.95 Å². The van der Waals surface area contributed by atoms with Crippen LogP contribution in [0.3, 0.4) is 0 Å². The minimum absolute atomic E-state index is 0.0349. The number of urea groups is 1. The van der Waals surface area contributed by atoms with Gasteiger partial charge in [-0.25, -0.2) is 9.18 Å². The average molecular weight is 357 g/mol. The van der Waals surface area contributed by atoms with Crippen molar-refractivity contribution in [2.45, 2.75) is 56.9 Å². The lowest BCUT2D eigenvalue weighted by atomic mass is 9.89. The zero-order chi connectivity index (χ0) is 17.9. The minimum Gasteiger partial charge on any atom is -0.317 e. The van der Waals surface area contributed by atoms with Crippen LogP contribution in [-0.2, 0) is 0 Å². The van der Waals surface area contributed by atoms with Crippen LogP contribution in [0, 0.1) is 5.82 Å². The molecule has 138 valence electrons. The summed E-state index contributed by atoms with van der Waals surface area (Å²) < 4.78 is 13.2. The van der Waals surface area contributed by atoms with Gasteiger partial charge in [0.1, 0.15) is 11.6 Å². The number of halogens is 1. The molecular weight excluding hydrogens is 333 g/mol. The second-order valence-electron chi connectivity index (χ2n) is 7.21. The Morgan fingerprint density at radius 2 is 1.88 bits per heavy atom. The molecule has 1 aromatic heterocycles. The first-order chi connectivity index (χ1) is 12.7. The van der Waals surface area contributed by atoms with E-state index in [1.165, 1.54) is 31.4 Å². The molecule has 26 heavy (non-hydrogen) atoms. The molecule has 4 rings (SSSR count). The van der Waals surface area contributed by atoms with Gasteiger partial charge >= 0.3 is 6.03 Å². The van der Waals surface area contributed by atoms with Crippen molar-refractivity contribution in [3.05, 3.63) is 41.5 Å². The van der Waals surface area contributed by atoms with E-state index in [0.717, 1.165) is 37.1 Å². The fourth-order valence-electron chi connectivity index (χ4n) is 4.10. The van der Waals surface area contributed by atoms with Crippen molar-refractivity contribution < 1.29 is 9.18 Å². The van der Waals surface area contributed by atoms with Crippen molar-refractivity contribution in [2.24, 2.45) is 0 Å². The summed E-state index contributed by atoms with van der Waals surface area (Å²) in [7, 11) is 0. The number of aromatic nitrogens is 3. The monoisotopic (exact) mass is 357 g/mol. The van der Waals surface area contributed by atoms with Gasteiger partial charge in [-0.05, 0) is 43.4 Å². The number of hydrogen-bond acceptors (Lipinski definition) is 3. The second-order valence-corrected chi connectivity index (χ2v) is 7.21. The molecule has 2 amide bonds. The molecule has 7 heteroatoms. The highest BCUT2D eigenvalue weighted by molar-refractivity contribution is 5.88. The van der Waals surface area contributed by atoms with E-state index in [0.29, 0.717) is 18.4 Å². The summed E-state index contributed by atoms with van der Waals surface area (Å²) >= 11 is 0. The lowest BCUT2D eigenvalue weighted by Crippen LogP contribution is -2.34. The highest BCUT2D eigenvalue weighted by Gasteiger charge is 2.30.